The molecule has 0 unspecified atom stereocenters. The lowest BCUT2D eigenvalue weighted by molar-refractivity contribution is -0.134. The van der Waals surface area contributed by atoms with Crippen molar-refractivity contribution in [1.29, 1.82) is 0 Å². The molecule has 8 heteroatoms. The van der Waals surface area contributed by atoms with E-state index in [1.165, 1.54) is 30.6 Å². The van der Waals surface area contributed by atoms with Gasteiger partial charge in [0.2, 0.25) is 10.0 Å². The summed E-state index contributed by atoms with van der Waals surface area (Å²) in [4.78, 5) is 12.3. The Hall–Kier alpha value is -2.58. The smallest absolute Gasteiger partial charge is 0.311 e. The Labute approximate surface area is 172 Å². The number of methoxy groups -OCH3 is 1. The number of carbonyl (C=O) groups is 1. The minimum Gasteiger partial charge on any atom is -0.497 e. The molecular formula is C21H27NO6S. The third kappa shape index (κ3) is 6.47. The maximum Gasteiger partial charge on any atom is 0.311 e. The Morgan fingerprint density at radius 1 is 1.03 bits per heavy atom. The Morgan fingerprint density at radius 2 is 1.69 bits per heavy atom. The Bertz CT molecular complexity index is 896. The lowest BCUT2D eigenvalue weighted by Gasteiger charge is -2.17. The fourth-order valence-corrected chi connectivity index (χ4v) is 3.74. The largest absolute Gasteiger partial charge is 0.497 e. The lowest BCUT2D eigenvalue weighted by Crippen LogP contribution is -2.28. The van der Waals surface area contributed by atoms with Gasteiger partial charge in [-0.3, -0.25) is 4.79 Å². The molecule has 0 heterocycles. The maximum absolute atomic E-state index is 12.6. The van der Waals surface area contributed by atoms with E-state index >= 15 is 0 Å². The molecule has 0 fully saturated rings. The molecule has 0 spiro atoms. The van der Waals surface area contributed by atoms with E-state index in [1.54, 1.807) is 36.4 Å². The van der Waals surface area contributed by atoms with Crippen LogP contribution in [0.2, 0.25) is 0 Å². The first-order chi connectivity index (χ1) is 13.9. The van der Waals surface area contributed by atoms with Crippen molar-refractivity contribution < 1.29 is 27.4 Å². The Morgan fingerprint density at radius 3 is 2.31 bits per heavy atom. The zero-order chi connectivity index (χ0) is 21.3. The molecule has 0 radical (unpaired) electrons. The third-order valence-electron chi connectivity index (χ3n) is 4.16. The summed E-state index contributed by atoms with van der Waals surface area (Å²) >= 11 is 0. The Kier molecular flexibility index (Phi) is 8.48. The molecule has 2 aromatic carbocycles. The van der Waals surface area contributed by atoms with Crippen molar-refractivity contribution in [1.82, 2.24) is 4.31 Å². The first kappa shape index (κ1) is 22.7. The van der Waals surface area contributed by atoms with Crippen LogP contribution >= 0.6 is 0 Å². The molecule has 2 rings (SSSR count). The van der Waals surface area contributed by atoms with Gasteiger partial charge in [0.05, 0.1) is 18.6 Å². The predicted octanol–water partition coefficient (Wildman–Crippen LogP) is 3.49. The molecular weight excluding hydrogens is 394 g/mol. The monoisotopic (exact) mass is 421 g/mol. The van der Waals surface area contributed by atoms with Gasteiger partial charge in [0.1, 0.15) is 5.75 Å². The van der Waals surface area contributed by atoms with Gasteiger partial charge < -0.3 is 14.2 Å². The quantitative estimate of drug-likeness (QED) is 0.408. The molecule has 158 valence electrons. The van der Waals surface area contributed by atoms with Gasteiger partial charge in [0.15, 0.2) is 11.5 Å². The van der Waals surface area contributed by atoms with Crippen molar-refractivity contribution in [2.24, 2.45) is 0 Å². The van der Waals surface area contributed by atoms with Crippen molar-refractivity contribution >= 4 is 16.0 Å². The number of rotatable bonds is 11. The summed E-state index contributed by atoms with van der Waals surface area (Å²) in [6.07, 6.45) is 1.27. The number of para-hydroxylation sites is 2. The van der Waals surface area contributed by atoms with E-state index in [4.69, 9.17) is 14.2 Å². The number of carbonyl (C=O) groups excluding carboxylic acids is 1. The van der Waals surface area contributed by atoms with Crippen LogP contribution < -0.4 is 14.2 Å². The second-order valence-electron chi connectivity index (χ2n) is 6.37. The number of esters is 1. The van der Waals surface area contributed by atoms with Crippen LogP contribution in [0.25, 0.3) is 0 Å². The second-order valence-corrected chi connectivity index (χ2v) is 8.42. The van der Waals surface area contributed by atoms with Crippen molar-refractivity contribution in [3.63, 3.8) is 0 Å². The number of benzene rings is 2. The topological polar surface area (TPSA) is 82.1 Å². The number of sulfonamides is 1. The Balaban J connectivity index is 1.88. The first-order valence-corrected chi connectivity index (χ1v) is 10.9. The highest BCUT2D eigenvalue weighted by Crippen LogP contribution is 2.27. The molecule has 0 amide bonds. The van der Waals surface area contributed by atoms with Crippen LogP contribution in [0.4, 0.5) is 0 Å². The van der Waals surface area contributed by atoms with E-state index in [2.05, 4.69) is 0 Å². The highest BCUT2D eigenvalue weighted by molar-refractivity contribution is 7.89. The summed E-state index contributed by atoms with van der Waals surface area (Å²) in [5, 5.41) is 0. The van der Waals surface area contributed by atoms with Gasteiger partial charge in [0, 0.05) is 20.0 Å². The molecule has 7 nitrogen and oxygen atoms in total. The van der Waals surface area contributed by atoms with Gasteiger partial charge in [-0.2, -0.15) is 0 Å². The minimum absolute atomic E-state index is 0.0879. The summed E-state index contributed by atoms with van der Waals surface area (Å²) in [6.45, 7) is 2.71. The van der Waals surface area contributed by atoms with Crippen molar-refractivity contribution in [3.05, 3.63) is 48.5 Å². The van der Waals surface area contributed by atoms with Gasteiger partial charge in [-0.1, -0.05) is 19.1 Å². The summed E-state index contributed by atoms with van der Waals surface area (Å²) < 4.78 is 42.4. The standard InChI is InChI=1S/C21H27NO6S/c1-4-16-27-19-8-5-6-9-20(19)28-21(23)10-7-15-22(2)29(24,25)18-13-11-17(26-3)12-14-18/h5-6,8-9,11-14H,4,7,10,15-16H2,1-3H3. The number of nitrogens with zero attached hydrogens (tertiary/aromatic N) is 1. The van der Waals surface area contributed by atoms with Crippen LogP contribution in [-0.4, -0.2) is 46.0 Å². The number of hydrogen-bond donors (Lipinski definition) is 0. The lowest BCUT2D eigenvalue weighted by atomic mass is 10.3. The van der Waals surface area contributed by atoms with Gasteiger partial charge >= 0.3 is 5.97 Å². The highest BCUT2D eigenvalue weighted by atomic mass is 32.2. The van der Waals surface area contributed by atoms with E-state index < -0.39 is 16.0 Å². The third-order valence-corrected chi connectivity index (χ3v) is 6.03. The minimum atomic E-state index is -3.63. The maximum atomic E-state index is 12.6. The molecule has 2 aromatic rings. The average Bonchev–Trinajstić information content (AvgIpc) is 2.73. The zero-order valence-electron chi connectivity index (χ0n) is 17.0. The van der Waals surface area contributed by atoms with E-state index in [0.29, 0.717) is 30.3 Å². The van der Waals surface area contributed by atoms with Gasteiger partial charge in [-0.05, 0) is 49.2 Å². The molecule has 0 N–H and O–H groups in total. The summed E-state index contributed by atoms with van der Waals surface area (Å²) in [7, 11) is -0.630. The van der Waals surface area contributed by atoms with Crippen molar-refractivity contribution in [3.8, 4) is 17.2 Å². The molecule has 0 aliphatic carbocycles. The zero-order valence-corrected chi connectivity index (χ0v) is 17.8. The molecule has 0 atom stereocenters. The summed E-state index contributed by atoms with van der Waals surface area (Å²) in [5.74, 6) is 1.03. The van der Waals surface area contributed by atoms with Gasteiger partial charge in [-0.25, -0.2) is 12.7 Å². The summed E-state index contributed by atoms with van der Waals surface area (Å²) in [6, 6.07) is 13.2. The van der Waals surface area contributed by atoms with Crippen LogP contribution in [0.15, 0.2) is 53.4 Å². The van der Waals surface area contributed by atoms with E-state index in [1.807, 2.05) is 6.92 Å². The normalized spacial score (nSPS) is 11.3. The van der Waals surface area contributed by atoms with Crippen LogP contribution in [0, 0.1) is 0 Å². The fraction of sp³-hybridized carbons (Fsp3) is 0.381. The number of ether oxygens (including phenoxy) is 3. The van der Waals surface area contributed by atoms with E-state index in [9.17, 15) is 13.2 Å². The highest BCUT2D eigenvalue weighted by Gasteiger charge is 2.21. The molecule has 29 heavy (non-hydrogen) atoms. The molecule has 0 saturated carbocycles. The fourth-order valence-electron chi connectivity index (χ4n) is 2.53. The second kappa shape index (κ2) is 10.8. The molecule has 0 saturated heterocycles. The van der Waals surface area contributed by atoms with Crippen LogP contribution in [0.5, 0.6) is 17.2 Å². The van der Waals surface area contributed by atoms with Gasteiger partial charge in [-0.15, -0.1) is 0 Å². The van der Waals surface area contributed by atoms with Crippen LogP contribution in [0.3, 0.4) is 0 Å². The van der Waals surface area contributed by atoms with Crippen molar-refractivity contribution in [2.75, 3.05) is 27.3 Å². The van der Waals surface area contributed by atoms with Crippen molar-refractivity contribution in [2.45, 2.75) is 31.1 Å². The molecule has 0 bridgehead atoms. The SMILES string of the molecule is CCCOc1ccccc1OC(=O)CCCN(C)S(=O)(=O)c1ccc(OC)cc1. The molecule has 0 aromatic heterocycles. The van der Waals surface area contributed by atoms with Gasteiger partial charge in [0.25, 0.3) is 0 Å². The number of hydrogen-bond acceptors (Lipinski definition) is 6. The van der Waals surface area contributed by atoms with E-state index in [0.717, 1.165) is 6.42 Å². The predicted molar refractivity (Wildman–Crippen MR) is 110 cm³/mol. The molecule has 0 aliphatic heterocycles. The van der Waals surface area contributed by atoms with Crippen LogP contribution in [0.1, 0.15) is 26.2 Å². The van der Waals surface area contributed by atoms with Crippen LogP contribution in [-0.2, 0) is 14.8 Å². The first-order valence-electron chi connectivity index (χ1n) is 9.41. The molecule has 0 aliphatic rings. The average molecular weight is 422 g/mol. The summed E-state index contributed by atoms with van der Waals surface area (Å²) in [5.41, 5.74) is 0. The van der Waals surface area contributed by atoms with E-state index in [-0.39, 0.29) is 17.9 Å².